The van der Waals surface area contributed by atoms with Gasteiger partial charge in [0.05, 0.1) is 5.25 Å². The molecule has 1 amide bonds. The van der Waals surface area contributed by atoms with Gasteiger partial charge < -0.3 is 10.6 Å². The third-order valence-corrected chi connectivity index (χ3v) is 7.67. The molecule has 1 saturated carbocycles. The molecule has 0 aromatic rings. The highest BCUT2D eigenvalue weighted by atomic mass is 32.2. The molecule has 1 fully saturated rings. The fourth-order valence-electron chi connectivity index (χ4n) is 3.41. The van der Waals surface area contributed by atoms with E-state index in [0.29, 0.717) is 25.9 Å². The molecule has 0 saturated heterocycles. The minimum Gasteiger partial charge on any atom is -0.344 e. The quantitative estimate of drug-likeness (QED) is 0.766. The Morgan fingerprint density at radius 1 is 1.22 bits per heavy atom. The average Bonchev–Trinajstić information content (AvgIpc) is 2.47. The first kappa shape index (κ1) is 20.4. The van der Waals surface area contributed by atoms with Crippen LogP contribution in [0.15, 0.2) is 0 Å². The number of nitrogens with zero attached hydrogens (tertiary/aromatic N) is 1. The van der Waals surface area contributed by atoms with Crippen molar-refractivity contribution in [3.05, 3.63) is 0 Å². The van der Waals surface area contributed by atoms with E-state index in [2.05, 4.69) is 0 Å². The molecule has 2 N–H and O–H groups in total. The fraction of sp³-hybridized carbons (Fsp3) is 0.941. The van der Waals surface area contributed by atoms with Crippen molar-refractivity contribution in [2.24, 2.45) is 17.1 Å². The highest BCUT2D eigenvalue weighted by molar-refractivity contribution is 7.93. The largest absolute Gasteiger partial charge is 0.344 e. The summed E-state index contributed by atoms with van der Waals surface area (Å²) in [6.45, 7) is 8.53. The molecule has 0 aromatic carbocycles. The third kappa shape index (κ3) is 5.18. The summed E-state index contributed by atoms with van der Waals surface area (Å²) in [5, 5.41) is -1.30. The van der Waals surface area contributed by atoms with Gasteiger partial charge in [-0.25, -0.2) is 8.42 Å². The molecule has 5 nitrogen and oxygen atoms in total. The number of sulfone groups is 1. The predicted octanol–water partition coefficient (Wildman–Crippen LogP) is 2.20. The van der Waals surface area contributed by atoms with E-state index in [4.69, 9.17) is 5.73 Å². The minimum atomic E-state index is -3.45. The lowest BCUT2D eigenvalue weighted by Crippen LogP contribution is -2.50. The van der Waals surface area contributed by atoms with Crippen LogP contribution in [-0.2, 0) is 14.6 Å². The SMILES string of the molecule is CC(C)C(C(=O)N(C)CC(C)(C)CN)S(=O)(=O)C1CCCCC1. The van der Waals surface area contributed by atoms with E-state index in [9.17, 15) is 13.2 Å². The second-order valence-corrected chi connectivity index (χ2v) is 10.4. The van der Waals surface area contributed by atoms with Crippen LogP contribution in [-0.4, -0.2) is 49.9 Å². The van der Waals surface area contributed by atoms with Gasteiger partial charge in [0, 0.05) is 13.6 Å². The Hall–Kier alpha value is -0.620. The molecule has 136 valence electrons. The van der Waals surface area contributed by atoms with Gasteiger partial charge in [-0.2, -0.15) is 0 Å². The van der Waals surface area contributed by atoms with E-state index in [1.54, 1.807) is 11.9 Å². The van der Waals surface area contributed by atoms with E-state index < -0.39 is 15.1 Å². The van der Waals surface area contributed by atoms with Crippen LogP contribution in [0.2, 0.25) is 0 Å². The molecule has 0 aliphatic heterocycles. The van der Waals surface area contributed by atoms with Crippen LogP contribution in [0.25, 0.3) is 0 Å². The smallest absolute Gasteiger partial charge is 0.240 e. The number of carbonyl (C=O) groups excluding carboxylic acids is 1. The van der Waals surface area contributed by atoms with E-state index in [1.165, 1.54) is 0 Å². The van der Waals surface area contributed by atoms with Crippen molar-refractivity contribution in [3.63, 3.8) is 0 Å². The lowest BCUT2D eigenvalue weighted by Gasteiger charge is -2.34. The maximum Gasteiger partial charge on any atom is 0.240 e. The second-order valence-electron chi connectivity index (χ2n) is 8.08. The summed E-state index contributed by atoms with van der Waals surface area (Å²) in [7, 11) is -1.77. The Morgan fingerprint density at radius 3 is 2.17 bits per heavy atom. The zero-order valence-corrected chi connectivity index (χ0v) is 16.2. The van der Waals surface area contributed by atoms with Gasteiger partial charge >= 0.3 is 0 Å². The molecule has 1 aliphatic rings. The normalized spacial score (nSPS) is 18.9. The number of amides is 1. The van der Waals surface area contributed by atoms with Gasteiger partial charge in [0.25, 0.3) is 0 Å². The van der Waals surface area contributed by atoms with Crippen LogP contribution in [0.5, 0.6) is 0 Å². The number of rotatable bonds is 7. The average molecular weight is 347 g/mol. The molecule has 1 rings (SSSR count). The summed E-state index contributed by atoms with van der Waals surface area (Å²) in [5.41, 5.74) is 5.52. The van der Waals surface area contributed by atoms with Crippen molar-refractivity contribution in [2.75, 3.05) is 20.1 Å². The number of nitrogens with two attached hydrogens (primary N) is 1. The van der Waals surface area contributed by atoms with Crippen LogP contribution in [0, 0.1) is 11.3 Å². The van der Waals surface area contributed by atoms with Gasteiger partial charge in [-0.3, -0.25) is 4.79 Å². The highest BCUT2D eigenvalue weighted by Gasteiger charge is 2.42. The second kappa shape index (κ2) is 7.97. The number of hydrogen-bond acceptors (Lipinski definition) is 4. The standard InChI is InChI=1S/C17H34N2O3S/c1-13(2)15(16(20)19(5)12-17(3,4)11-18)23(21,22)14-9-7-6-8-10-14/h13-15H,6-12,18H2,1-5H3. The molecule has 0 bridgehead atoms. The maximum absolute atomic E-state index is 13.0. The van der Waals surface area contributed by atoms with Crippen LogP contribution in [0.4, 0.5) is 0 Å². The monoisotopic (exact) mass is 346 g/mol. The lowest BCUT2D eigenvalue weighted by atomic mass is 9.93. The van der Waals surface area contributed by atoms with E-state index in [1.807, 2.05) is 27.7 Å². The molecule has 1 unspecified atom stereocenters. The number of carbonyl (C=O) groups is 1. The Morgan fingerprint density at radius 2 is 1.74 bits per heavy atom. The number of hydrogen-bond donors (Lipinski definition) is 1. The van der Waals surface area contributed by atoms with Gasteiger partial charge in [-0.05, 0) is 30.7 Å². The molecule has 1 aliphatic carbocycles. The lowest BCUT2D eigenvalue weighted by molar-refractivity contribution is -0.131. The summed E-state index contributed by atoms with van der Waals surface area (Å²) in [6.07, 6.45) is 4.36. The van der Waals surface area contributed by atoms with Crippen LogP contribution in [0.1, 0.15) is 59.8 Å². The van der Waals surface area contributed by atoms with Crippen molar-refractivity contribution >= 4 is 15.7 Å². The van der Waals surface area contributed by atoms with Crippen molar-refractivity contribution in [1.82, 2.24) is 4.90 Å². The molecule has 0 aromatic heterocycles. The van der Waals surface area contributed by atoms with Crippen molar-refractivity contribution < 1.29 is 13.2 Å². The first-order valence-electron chi connectivity index (χ1n) is 8.70. The third-order valence-electron chi connectivity index (χ3n) is 4.81. The first-order valence-corrected chi connectivity index (χ1v) is 10.3. The van der Waals surface area contributed by atoms with Gasteiger partial charge in [-0.1, -0.05) is 47.0 Å². The van der Waals surface area contributed by atoms with Crippen LogP contribution >= 0.6 is 0 Å². The minimum absolute atomic E-state index is 0.222. The van der Waals surface area contributed by atoms with E-state index >= 15 is 0 Å². The molecular weight excluding hydrogens is 312 g/mol. The van der Waals surface area contributed by atoms with Crippen molar-refractivity contribution in [1.29, 1.82) is 0 Å². The molecule has 0 spiro atoms. The highest BCUT2D eigenvalue weighted by Crippen LogP contribution is 2.30. The zero-order chi connectivity index (χ0) is 17.8. The van der Waals surface area contributed by atoms with E-state index in [-0.39, 0.29) is 22.5 Å². The molecule has 0 heterocycles. The van der Waals surface area contributed by atoms with Gasteiger partial charge in [0.15, 0.2) is 9.84 Å². The summed E-state index contributed by atoms with van der Waals surface area (Å²) in [6, 6.07) is 0. The van der Waals surface area contributed by atoms with Gasteiger partial charge in [0.1, 0.15) is 5.25 Å². The molecule has 0 radical (unpaired) electrons. The molecular formula is C17H34N2O3S. The fourth-order valence-corrected chi connectivity index (χ4v) is 6.03. The summed E-state index contributed by atoms with van der Waals surface area (Å²) < 4.78 is 26.1. The topological polar surface area (TPSA) is 80.5 Å². The summed E-state index contributed by atoms with van der Waals surface area (Å²) >= 11 is 0. The zero-order valence-electron chi connectivity index (χ0n) is 15.3. The van der Waals surface area contributed by atoms with E-state index in [0.717, 1.165) is 19.3 Å². The maximum atomic E-state index is 13.0. The summed E-state index contributed by atoms with van der Waals surface area (Å²) in [4.78, 5) is 14.4. The van der Waals surface area contributed by atoms with Gasteiger partial charge in [-0.15, -0.1) is 0 Å². The molecule has 1 atom stereocenters. The molecule has 23 heavy (non-hydrogen) atoms. The molecule has 6 heteroatoms. The van der Waals surface area contributed by atoms with Crippen LogP contribution < -0.4 is 5.73 Å². The Bertz CT molecular complexity index is 494. The van der Waals surface area contributed by atoms with Crippen molar-refractivity contribution in [2.45, 2.75) is 70.3 Å². The Labute approximate surface area is 141 Å². The Balaban J connectivity index is 2.98. The summed E-state index contributed by atoms with van der Waals surface area (Å²) in [5.74, 6) is -0.509. The Kier molecular flexibility index (Phi) is 7.08. The van der Waals surface area contributed by atoms with Gasteiger partial charge in [0.2, 0.25) is 5.91 Å². The van der Waals surface area contributed by atoms with Crippen molar-refractivity contribution in [3.8, 4) is 0 Å². The van der Waals surface area contributed by atoms with Crippen LogP contribution in [0.3, 0.4) is 0 Å². The predicted molar refractivity (Wildman–Crippen MR) is 94.9 cm³/mol. The first-order chi connectivity index (χ1) is 10.5.